The maximum Gasteiger partial charge on any atom is 0.264 e. The molecule has 0 bridgehead atoms. The predicted molar refractivity (Wildman–Crippen MR) is 102 cm³/mol. The Bertz CT molecular complexity index is 970. The molecule has 2 aliphatic heterocycles. The SMILES string of the molecule is CCN(c1ccccc1)S(=O)(=O)c1cc2c3c(c1)[C@H](C)C(=O)N3CCC2. The molecular weight excluding hydrogens is 348 g/mol. The number of rotatable bonds is 4. The molecule has 1 amide bonds. The van der Waals surface area contributed by atoms with E-state index in [2.05, 4.69) is 0 Å². The van der Waals surface area contributed by atoms with Crippen LogP contribution in [0.15, 0.2) is 47.4 Å². The highest BCUT2D eigenvalue weighted by Gasteiger charge is 2.39. The second kappa shape index (κ2) is 6.13. The van der Waals surface area contributed by atoms with Gasteiger partial charge in [-0.1, -0.05) is 18.2 Å². The summed E-state index contributed by atoms with van der Waals surface area (Å²) in [6, 6.07) is 12.6. The lowest BCUT2D eigenvalue weighted by Crippen LogP contribution is -2.33. The summed E-state index contributed by atoms with van der Waals surface area (Å²) >= 11 is 0. The number of hydrogen-bond acceptors (Lipinski definition) is 3. The highest BCUT2D eigenvalue weighted by atomic mass is 32.2. The number of carbonyl (C=O) groups excluding carboxylic acids is 1. The minimum Gasteiger partial charge on any atom is -0.311 e. The van der Waals surface area contributed by atoms with E-state index in [0.717, 1.165) is 36.2 Å². The number of sulfonamides is 1. The molecule has 26 heavy (non-hydrogen) atoms. The first kappa shape index (κ1) is 17.1. The van der Waals surface area contributed by atoms with Crippen LogP contribution in [0.4, 0.5) is 11.4 Å². The van der Waals surface area contributed by atoms with E-state index in [-0.39, 0.29) is 16.7 Å². The van der Waals surface area contributed by atoms with Crippen LogP contribution in [-0.4, -0.2) is 27.4 Å². The second-order valence-electron chi connectivity index (χ2n) is 6.84. The van der Waals surface area contributed by atoms with Gasteiger partial charge in [0.1, 0.15) is 0 Å². The highest BCUT2D eigenvalue weighted by molar-refractivity contribution is 7.92. The van der Waals surface area contributed by atoms with Crippen molar-refractivity contribution in [2.75, 3.05) is 22.3 Å². The molecule has 0 aliphatic carbocycles. The molecule has 6 heteroatoms. The molecular formula is C20H22N2O3S. The monoisotopic (exact) mass is 370 g/mol. The quantitative estimate of drug-likeness (QED) is 0.830. The molecule has 1 atom stereocenters. The summed E-state index contributed by atoms with van der Waals surface area (Å²) in [6.07, 6.45) is 1.67. The van der Waals surface area contributed by atoms with Gasteiger partial charge in [-0.3, -0.25) is 9.10 Å². The van der Waals surface area contributed by atoms with Gasteiger partial charge in [-0.25, -0.2) is 8.42 Å². The molecule has 2 aliphatic rings. The number of carbonyl (C=O) groups is 1. The molecule has 2 heterocycles. The van der Waals surface area contributed by atoms with Gasteiger partial charge < -0.3 is 4.90 Å². The number of hydrogen-bond donors (Lipinski definition) is 0. The van der Waals surface area contributed by atoms with Gasteiger partial charge in [0.25, 0.3) is 10.0 Å². The van der Waals surface area contributed by atoms with Gasteiger partial charge in [0.05, 0.1) is 22.2 Å². The number of aryl methyl sites for hydroxylation is 1. The van der Waals surface area contributed by atoms with Crippen molar-refractivity contribution in [1.82, 2.24) is 0 Å². The van der Waals surface area contributed by atoms with E-state index in [0.29, 0.717) is 12.2 Å². The topological polar surface area (TPSA) is 57.7 Å². The standard InChI is InChI=1S/C20H22N2O3S/c1-3-22(16-9-5-4-6-10-16)26(24,25)17-12-15-8-7-11-21-19(15)18(13-17)14(2)20(21)23/h4-6,9-10,12-14H,3,7-8,11H2,1-2H3/t14-/m0/s1. The lowest BCUT2D eigenvalue weighted by atomic mass is 9.97. The number of para-hydroxylation sites is 1. The van der Waals surface area contributed by atoms with Gasteiger partial charge in [0.15, 0.2) is 0 Å². The molecule has 5 nitrogen and oxygen atoms in total. The summed E-state index contributed by atoms with van der Waals surface area (Å²) in [4.78, 5) is 14.6. The summed E-state index contributed by atoms with van der Waals surface area (Å²) in [5.41, 5.74) is 3.40. The number of anilines is 2. The maximum absolute atomic E-state index is 13.3. The van der Waals surface area contributed by atoms with E-state index >= 15 is 0 Å². The average molecular weight is 370 g/mol. The molecule has 4 rings (SSSR count). The number of amides is 1. The van der Waals surface area contributed by atoms with E-state index < -0.39 is 10.0 Å². The minimum absolute atomic E-state index is 0.0749. The van der Waals surface area contributed by atoms with Crippen LogP contribution in [0.1, 0.15) is 37.3 Å². The third-order valence-corrected chi connectivity index (χ3v) is 7.19. The molecule has 0 aromatic heterocycles. The van der Waals surface area contributed by atoms with E-state index in [4.69, 9.17) is 0 Å². The maximum atomic E-state index is 13.3. The van der Waals surface area contributed by atoms with Crippen molar-refractivity contribution >= 4 is 27.3 Å². The summed E-state index contributed by atoms with van der Waals surface area (Å²) < 4.78 is 28.1. The van der Waals surface area contributed by atoms with Crippen molar-refractivity contribution in [3.8, 4) is 0 Å². The summed E-state index contributed by atoms with van der Waals surface area (Å²) in [5.74, 6) is -0.213. The molecule has 136 valence electrons. The fourth-order valence-electron chi connectivity index (χ4n) is 4.03. The van der Waals surface area contributed by atoms with Crippen molar-refractivity contribution in [2.45, 2.75) is 37.5 Å². The third-order valence-electron chi connectivity index (χ3n) is 5.31. The van der Waals surface area contributed by atoms with Gasteiger partial charge >= 0.3 is 0 Å². The van der Waals surface area contributed by atoms with Crippen LogP contribution in [0.25, 0.3) is 0 Å². The Kier molecular flexibility index (Phi) is 4.03. The molecule has 0 fully saturated rings. The smallest absolute Gasteiger partial charge is 0.264 e. The first-order valence-electron chi connectivity index (χ1n) is 9.01. The van der Waals surface area contributed by atoms with Gasteiger partial charge in [-0.05, 0) is 62.1 Å². The molecule has 2 aromatic carbocycles. The fourth-order valence-corrected chi connectivity index (χ4v) is 5.59. The Balaban J connectivity index is 1.85. The van der Waals surface area contributed by atoms with E-state index in [1.54, 1.807) is 24.3 Å². The highest BCUT2D eigenvalue weighted by Crippen LogP contribution is 2.44. The number of nitrogens with zero attached hydrogens (tertiary/aromatic N) is 2. The summed E-state index contributed by atoms with van der Waals surface area (Å²) in [6.45, 7) is 4.76. The van der Waals surface area contributed by atoms with E-state index in [9.17, 15) is 13.2 Å². The van der Waals surface area contributed by atoms with Gasteiger partial charge in [-0.15, -0.1) is 0 Å². The van der Waals surface area contributed by atoms with E-state index in [1.807, 2.05) is 36.9 Å². The van der Waals surface area contributed by atoms with Crippen molar-refractivity contribution in [3.05, 3.63) is 53.6 Å². The lowest BCUT2D eigenvalue weighted by Gasteiger charge is -2.27. The summed E-state index contributed by atoms with van der Waals surface area (Å²) in [7, 11) is -3.69. The van der Waals surface area contributed by atoms with Crippen LogP contribution in [-0.2, 0) is 21.2 Å². The van der Waals surface area contributed by atoms with Crippen LogP contribution in [0.2, 0.25) is 0 Å². The molecule has 0 N–H and O–H groups in total. The third kappa shape index (κ3) is 2.43. The zero-order valence-corrected chi connectivity index (χ0v) is 15.8. The summed E-state index contributed by atoms with van der Waals surface area (Å²) in [5, 5.41) is 0. The van der Waals surface area contributed by atoms with Crippen molar-refractivity contribution in [3.63, 3.8) is 0 Å². The zero-order chi connectivity index (χ0) is 18.5. The Labute approximate surface area is 154 Å². The van der Waals surface area contributed by atoms with Gasteiger partial charge in [-0.2, -0.15) is 0 Å². The molecule has 2 aromatic rings. The molecule has 0 spiro atoms. The van der Waals surface area contributed by atoms with E-state index in [1.165, 1.54) is 4.31 Å². The Morgan fingerprint density at radius 1 is 1.19 bits per heavy atom. The van der Waals surface area contributed by atoms with Gasteiger partial charge in [0.2, 0.25) is 5.91 Å². The van der Waals surface area contributed by atoms with Gasteiger partial charge in [0, 0.05) is 13.1 Å². The molecule has 0 saturated heterocycles. The predicted octanol–water partition coefficient (Wildman–Crippen LogP) is 3.30. The average Bonchev–Trinajstić information content (AvgIpc) is 2.90. The molecule has 0 saturated carbocycles. The lowest BCUT2D eigenvalue weighted by molar-refractivity contribution is -0.119. The van der Waals surface area contributed by atoms with Crippen LogP contribution < -0.4 is 9.21 Å². The number of benzene rings is 2. The minimum atomic E-state index is -3.69. The first-order chi connectivity index (χ1) is 12.4. The van der Waals surface area contributed by atoms with Crippen LogP contribution in [0.5, 0.6) is 0 Å². The van der Waals surface area contributed by atoms with Crippen molar-refractivity contribution in [2.24, 2.45) is 0 Å². The van der Waals surface area contributed by atoms with Crippen LogP contribution in [0.3, 0.4) is 0 Å². The zero-order valence-electron chi connectivity index (χ0n) is 15.0. The normalized spacial score (nSPS) is 18.8. The second-order valence-corrected chi connectivity index (χ2v) is 8.70. The van der Waals surface area contributed by atoms with Crippen LogP contribution in [0, 0.1) is 0 Å². The van der Waals surface area contributed by atoms with Crippen molar-refractivity contribution < 1.29 is 13.2 Å². The first-order valence-corrected chi connectivity index (χ1v) is 10.4. The van der Waals surface area contributed by atoms with Crippen LogP contribution >= 0.6 is 0 Å². The van der Waals surface area contributed by atoms with Crippen molar-refractivity contribution in [1.29, 1.82) is 0 Å². The Morgan fingerprint density at radius 3 is 2.62 bits per heavy atom. The Hall–Kier alpha value is -2.34. The fraction of sp³-hybridized carbons (Fsp3) is 0.350. The molecule has 0 unspecified atom stereocenters. The molecule has 0 radical (unpaired) electrons. The Morgan fingerprint density at radius 2 is 1.92 bits per heavy atom. The largest absolute Gasteiger partial charge is 0.311 e.